The van der Waals surface area contributed by atoms with Crippen molar-refractivity contribution in [3.05, 3.63) is 0 Å². The normalized spacial score (nSPS) is 9.43. The number of nitrogens with one attached hydrogen (secondary N) is 2. The standard InChI is InChI=1S/C3H12N4/c4-1-2-6-7-3-5/h6-7H,1-5H2. The average Bonchev–Trinajstić information content (AvgIpc) is 1.69. The lowest BCUT2D eigenvalue weighted by Crippen LogP contribution is -2.39. The Hall–Kier alpha value is -0.160. The number of rotatable bonds is 4. The van der Waals surface area contributed by atoms with E-state index in [9.17, 15) is 0 Å². The highest BCUT2D eigenvalue weighted by Gasteiger charge is 1.74. The summed E-state index contributed by atoms with van der Waals surface area (Å²) < 4.78 is 0. The molecule has 0 aromatic carbocycles. The minimum Gasteiger partial charge on any atom is -0.329 e. The van der Waals surface area contributed by atoms with E-state index in [2.05, 4.69) is 10.9 Å². The largest absolute Gasteiger partial charge is 0.329 e. The van der Waals surface area contributed by atoms with Crippen LogP contribution in [-0.4, -0.2) is 19.8 Å². The lowest BCUT2D eigenvalue weighted by Gasteiger charge is -1.98. The molecule has 0 aliphatic carbocycles. The van der Waals surface area contributed by atoms with Crippen molar-refractivity contribution in [2.45, 2.75) is 0 Å². The lowest BCUT2D eigenvalue weighted by molar-refractivity contribution is 0.550. The van der Waals surface area contributed by atoms with E-state index in [0.717, 1.165) is 6.54 Å². The Bertz CT molecular complexity index is 26.1. The molecule has 0 aliphatic heterocycles. The summed E-state index contributed by atoms with van der Waals surface area (Å²) in [6.07, 6.45) is 0. The molecule has 4 nitrogen and oxygen atoms in total. The molecule has 0 radical (unpaired) electrons. The Balaban J connectivity index is 2.45. The summed E-state index contributed by atoms with van der Waals surface area (Å²) in [5.74, 6) is 0. The zero-order valence-corrected chi connectivity index (χ0v) is 4.28. The molecule has 0 rings (SSSR count). The molecule has 4 heteroatoms. The molecule has 6 N–H and O–H groups in total. The van der Waals surface area contributed by atoms with E-state index in [1.807, 2.05) is 0 Å². The first-order valence-corrected chi connectivity index (χ1v) is 2.27. The Morgan fingerprint density at radius 1 is 1.14 bits per heavy atom. The second-order valence-electron chi connectivity index (χ2n) is 1.10. The Morgan fingerprint density at radius 2 is 1.86 bits per heavy atom. The molecule has 0 aliphatic rings. The summed E-state index contributed by atoms with van der Waals surface area (Å²) in [5, 5.41) is 0. The number of hydrogen-bond donors (Lipinski definition) is 4. The van der Waals surface area contributed by atoms with Gasteiger partial charge in [0.15, 0.2) is 0 Å². The SMILES string of the molecule is NCCNNCN. The third kappa shape index (κ3) is 5.84. The lowest BCUT2D eigenvalue weighted by atomic mass is 10.7. The van der Waals surface area contributed by atoms with Crippen LogP contribution in [-0.2, 0) is 0 Å². The van der Waals surface area contributed by atoms with E-state index in [1.165, 1.54) is 0 Å². The fourth-order valence-corrected chi connectivity index (χ4v) is 0.233. The van der Waals surface area contributed by atoms with Crippen LogP contribution in [0.4, 0.5) is 0 Å². The van der Waals surface area contributed by atoms with Gasteiger partial charge in [0.05, 0.1) is 6.67 Å². The number of nitrogens with two attached hydrogens (primary N) is 2. The van der Waals surface area contributed by atoms with E-state index in [0.29, 0.717) is 13.2 Å². The molecule has 0 saturated carbocycles. The van der Waals surface area contributed by atoms with Crippen LogP contribution in [0.3, 0.4) is 0 Å². The minimum absolute atomic E-state index is 0.444. The minimum atomic E-state index is 0.444. The van der Waals surface area contributed by atoms with E-state index in [4.69, 9.17) is 11.5 Å². The van der Waals surface area contributed by atoms with Gasteiger partial charge in [-0.1, -0.05) is 0 Å². The van der Waals surface area contributed by atoms with Crippen molar-refractivity contribution in [1.29, 1.82) is 0 Å². The summed E-state index contributed by atoms with van der Waals surface area (Å²) >= 11 is 0. The van der Waals surface area contributed by atoms with Crippen LogP contribution < -0.4 is 22.3 Å². The maximum Gasteiger partial charge on any atom is 0.0564 e. The highest BCUT2D eigenvalue weighted by atomic mass is 15.4. The van der Waals surface area contributed by atoms with E-state index in [-0.39, 0.29) is 0 Å². The van der Waals surface area contributed by atoms with Crippen LogP contribution in [0.1, 0.15) is 0 Å². The van der Waals surface area contributed by atoms with Crippen LogP contribution >= 0.6 is 0 Å². The molecule has 0 aromatic heterocycles. The molecule has 44 valence electrons. The predicted octanol–water partition coefficient (Wildman–Crippen LogP) is -2.04. The molecule has 0 atom stereocenters. The van der Waals surface area contributed by atoms with Gasteiger partial charge in [0.1, 0.15) is 0 Å². The average molecular weight is 104 g/mol. The topological polar surface area (TPSA) is 76.1 Å². The smallest absolute Gasteiger partial charge is 0.0564 e. The van der Waals surface area contributed by atoms with Crippen molar-refractivity contribution in [2.75, 3.05) is 19.8 Å². The summed E-state index contributed by atoms with van der Waals surface area (Å²) in [7, 11) is 0. The molecule has 0 saturated heterocycles. The second-order valence-corrected chi connectivity index (χ2v) is 1.10. The molecule has 0 aromatic rings. The van der Waals surface area contributed by atoms with Gasteiger partial charge in [-0.15, -0.1) is 0 Å². The van der Waals surface area contributed by atoms with Crippen molar-refractivity contribution in [2.24, 2.45) is 11.5 Å². The Morgan fingerprint density at radius 3 is 2.29 bits per heavy atom. The van der Waals surface area contributed by atoms with Crippen LogP contribution in [0, 0.1) is 0 Å². The van der Waals surface area contributed by atoms with Crippen LogP contribution in [0.25, 0.3) is 0 Å². The van der Waals surface area contributed by atoms with E-state index in [1.54, 1.807) is 0 Å². The first-order chi connectivity index (χ1) is 3.41. The summed E-state index contributed by atoms with van der Waals surface area (Å²) in [6, 6.07) is 0. The van der Waals surface area contributed by atoms with Gasteiger partial charge in [0.2, 0.25) is 0 Å². The van der Waals surface area contributed by atoms with Crippen molar-refractivity contribution in [3.8, 4) is 0 Å². The molecule has 0 spiro atoms. The third-order valence-corrected chi connectivity index (χ3v) is 0.496. The summed E-state index contributed by atoms with van der Waals surface area (Å²) in [5.41, 5.74) is 15.7. The van der Waals surface area contributed by atoms with Gasteiger partial charge in [-0.2, -0.15) is 0 Å². The van der Waals surface area contributed by atoms with Crippen molar-refractivity contribution < 1.29 is 0 Å². The van der Waals surface area contributed by atoms with Gasteiger partial charge >= 0.3 is 0 Å². The molecule has 0 heterocycles. The Kier molecular flexibility index (Phi) is 5.71. The van der Waals surface area contributed by atoms with Crippen molar-refractivity contribution >= 4 is 0 Å². The zero-order chi connectivity index (χ0) is 5.54. The highest BCUT2D eigenvalue weighted by molar-refractivity contribution is 4.36. The molecular formula is C3H12N4. The number of hydrogen-bond acceptors (Lipinski definition) is 4. The predicted molar refractivity (Wildman–Crippen MR) is 29.2 cm³/mol. The van der Waals surface area contributed by atoms with Gasteiger partial charge in [-0.25, -0.2) is 5.43 Å². The molecular weight excluding hydrogens is 92.1 g/mol. The van der Waals surface area contributed by atoms with E-state index >= 15 is 0 Å². The second kappa shape index (κ2) is 5.84. The summed E-state index contributed by atoms with van der Waals surface area (Å²) in [6.45, 7) is 1.84. The maximum atomic E-state index is 5.13. The van der Waals surface area contributed by atoms with Crippen LogP contribution in [0.2, 0.25) is 0 Å². The zero-order valence-electron chi connectivity index (χ0n) is 4.28. The van der Waals surface area contributed by atoms with Gasteiger partial charge in [-0.05, 0) is 0 Å². The fraction of sp³-hybridized carbons (Fsp3) is 1.00. The molecule has 7 heavy (non-hydrogen) atoms. The fourth-order valence-electron chi connectivity index (χ4n) is 0.233. The molecule has 0 bridgehead atoms. The maximum absolute atomic E-state index is 5.13. The van der Waals surface area contributed by atoms with E-state index < -0.39 is 0 Å². The third-order valence-electron chi connectivity index (χ3n) is 0.496. The highest BCUT2D eigenvalue weighted by Crippen LogP contribution is 1.40. The quantitative estimate of drug-likeness (QED) is 0.188. The number of hydrazine groups is 1. The van der Waals surface area contributed by atoms with Crippen molar-refractivity contribution in [3.63, 3.8) is 0 Å². The summed E-state index contributed by atoms with van der Waals surface area (Å²) in [4.78, 5) is 0. The monoisotopic (exact) mass is 104 g/mol. The van der Waals surface area contributed by atoms with Gasteiger partial charge < -0.3 is 11.5 Å². The van der Waals surface area contributed by atoms with Crippen molar-refractivity contribution in [1.82, 2.24) is 10.9 Å². The molecule has 0 amide bonds. The van der Waals surface area contributed by atoms with Crippen LogP contribution in [0.5, 0.6) is 0 Å². The first kappa shape index (κ1) is 6.84. The molecule has 0 fully saturated rings. The van der Waals surface area contributed by atoms with Crippen LogP contribution in [0.15, 0.2) is 0 Å². The molecule has 0 unspecified atom stereocenters. The van der Waals surface area contributed by atoms with Gasteiger partial charge in [0.25, 0.3) is 0 Å². The van der Waals surface area contributed by atoms with Gasteiger partial charge in [-0.3, -0.25) is 5.43 Å². The first-order valence-electron chi connectivity index (χ1n) is 2.27. The Labute approximate surface area is 43.2 Å². The van der Waals surface area contributed by atoms with Gasteiger partial charge in [0, 0.05) is 13.1 Å².